The van der Waals surface area contributed by atoms with Crippen molar-refractivity contribution in [1.82, 2.24) is 0 Å². The predicted molar refractivity (Wildman–Crippen MR) is 64.3 cm³/mol. The Morgan fingerprint density at radius 1 is 1.13 bits per heavy atom. The highest BCUT2D eigenvalue weighted by Crippen LogP contribution is 2.29. The van der Waals surface area contributed by atoms with E-state index in [0.29, 0.717) is 0 Å². The van der Waals surface area contributed by atoms with Gasteiger partial charge in [0.1, 0.15) is 0 Å². The van der Waals surface area contributed by atoms with Crippen molar-refractivity contribution in [2.24, 2.45) is 5.41 Å². The highest BCUT2D eigenvalue weighted by atomic mass is 32.1. The first-order valence-electron chi connectivity index (χ1n) is 5.49. The fourth-order valence-electron chi connectivity index (χ4n) is 1.59. The van der Waals surface area contributed by atoms with Gasteiger partial charge in [0, 0.05) is 15.2 Å². The van der Waals surface area contributed by atoms with Crippen LogP contribution >= 0.6 is 11.3 Å². The normalized spacial score (nSPS) is 12.0. The molecule has 1 rings (SSSR count). The van der Waals surface area contributed by atoms with Gasteiger partial charge in [0.25, 0.3) is 0 Å². The number of aryl methyl sites for hydroxylation is 1. The van der Waals surface area contributed by atoms with Crippen LogP contribution in [0.1, 0.15) is 30.0 Å². The topological polar surface area (TPSA) is 40.5 Å². The van der Waals surface area contributed by atoms with Crippen molar-refractivity contribution < 1.29 is 10.2 Å². The van der Waals surface area contributed by atoms with Crippen LogP contribution < -0.4 is 0 Å². The molecule has 0 fully saturated rings. The highest BCUT2D eigenvalue weighted by molar-refractivity contribution is 7.11. The van der Waals surface area contributed by atoms with Gasteiger partial charge in [-0.3, -0.25) is 0 Å². The highest BCUT2D eigenvalue weighted by Gasteiger charge is 2.27. The number of rotatable bonds is 6. The Morgan fingerprint density at radius 3 is 2.13 bits per heavy atom. The molecule has 1 aromatic heterocycles. The van der Waals surface area contributed by atoms with E-state index < -0.39 is 0 Å². The quantitative estimate of drug-likeness (QED) is 0.784. The summed E-state index contributed by atoms with van der Waals surface area (Å²) >= 11 is 1.78. The summed E-state index contributed by atoms with van der Waals surface area (Å²) in [5.41, 5.74) is -0.337. The lowest BCUT2D eigenvalue weighted by Crippen LogP contribution is -2.31. The molecule has 0 aliphatic carbocycles. The molecule has 0 saturated carbocycles. The Bertz CT molecular complexity index is 281. The van der Waals surface area contributed by atoms with Gasteiger partial charge in [0.05, 0.1) is 13.2 Å². The molecule has 86 valence electrons. The van der Waals surface area contributed by atoms with Crippen LogP contribution in [0.2, 0.25) is 0 Å². The Balaban J connectivity index is 2.73. The van der Waals surface area contributed by atoms with Crippen molar-refractivity contribution in [2.75, 3.05) is 13.2 Å². The van der Waals surface area contributed by atoms with E-state index in [0.717, 1.165) is 19.3 Å². The first-order valence-corrected chi connectivity index (χ1v) is 6.30. The average molecular weight is 228 g/mol. The summed E-state index contributed by atoms with van der Waals surface area (Å²) in [6.45, 7) is 4.26. The number of aliphatic hydroxyl groups is 2. The van der Waals surface area contributed by atoms with Crippen LogP contribution in [0.3, 0.4) is 0 Å². The van der Waals surface area contributed by atoms with E-state index in [1.54, 1.807) is 11.3 Å². The zero-order valence-electron chi connectivity index (χ0n) is 9.49. The summed E-state index contributed by atoms with van der Waals surface area (Å²) in [4.78, 5) is 2.63. The summed E-state index contributed by atoms with van der Waals surface area (Å²) < 4.78 is 0. The maximum absolute atomic E-state index is 9.35. The van der Waals surface area contributed by atoms with Crippen LogP contribution in [0.25, 0.3) is 0 Å². The second-order valence-corrected chi connectivity index (χ2v) is 5.32. The van der Waals surface area contributed by atoms with E-state index in [-0.39, 0.29) is 18.6 Å². The average Bonchev–Trinajstić information content (AvgIpc) is 2.73. The monoisotopic (exact) mass is 228 g/mol. The lowest BCUT2D eigenvalue weighted by molar-refractivity contribution is 0.0521. The zero-order chi connectivity index (χ0) is 11.3. The van der Waals surface area contributed by atoms with Crippen molar-refractivity contribution in [2.45, 2.75) is 33.1 Å². The second kappa shape index (κ2) is 5.64. The second-order valence-electron chi connectivity index (χ2n) is 4.07. The molecule has 0 aliphatic heterocycles. The molecule has 2 nitrogen and oxygen atoms in total. The molecule has 15 heavy (non-hydrogen) atoms. The number of hydrogen-bond acceptors (Lipinski definition) is 3. The van der Waals surface area contributed by atoms with Gasteiger partial charge in [-0.05, 0) is 31.4 Å². The number of hydrogen-bond donors (Lipinski definition) is 2. The zero-order valence-corrected chi connectivity index (χ0v) is 10.3. The molecule has 0 radical (unpaired) electrons. The molecule has 0 aromatic carbocycles. The molecular weight excluding hydrogens is 208 g/mol. The van der Waals surface area contributed by atoms with E-state index >= 15 is 0 Å². The van der Waals surface area contributed by atoms with Gasteiger partial charge >= 0.3 is 0 Å². The van der Waals surface area contributed by atoms with Gasteiger partial charge in [0.2, 0.25) is 0 Å². The minimum atomic E-state index is -0.337. The fraction of sp³-hybridized carbons (Fsp3) is 0.667. The van der Waals surface area contributed by atoms with Crippen molar-refractivity contribution in [3.05, 3.63) is 21.9 Å². The van der Waals surface area contributed by atoms with Crippen molar-refractivity contribution >= 4 is 11.3 Å². The predicted octanol–water partition coefficient (Wildman–Crippen LogP) is 2.23. The fourth-order valence-corrected chi connectivity index (χ4v) is 2.72. The summed E-state index contributed by atoms with van der Waals surface area (Å²) in [5, 5.41) is 18.7. The molecule has 1 heterocycles. The van der Waals surface area contributed by atoms with E-state index in [1.165, 1.54) is 9.75 Å². The minimum Gasteiger partial charge on any atom is -0.396 e. The molecule has 0 spiro atoms. The van der Waals surface area contributed by atoms with Gasteiger partial charge in [-0.1, -0.05) is 13.8 Å². The van der Waals surface area contributed by atoms with Crippen molar-refractivity contribution in [3.63, 3.8) is 0 Å². The molecule has 0 bridgehead atoms. The van der Waals surface area contributed by atoms with Crippen molar-refractivity contribution in [3.8, 4) is 0 Å². The van der Waals surface area contributed by atoms with Crippen LogP contribution in [0.5, 0.6) is 0 Å². The van der Waals surface area contributed by atoms with E-state index in [1.807, 2.05) is 6.92 Å². The molecule has 0 aliphatic rings. The van der Waals surface area contributed by atoms with Gasteiger partial charge in [-0.15, -0.1) is 11.3 Å². The lowest BCUT2D eigenvalue weighted by Gasteiger charge is -2.27. The van der Waals surface area contributed by atoms with Gasteiger partial charge < -0.3 is 10.2 Å². The first kappa shape index (κ1) is 12.7. The van der Waals surface area contributed by atoms with E-state index in [4.69, 9.17) is 0 Å². The number of aliphatic hydroxyl groups excluding tert-OH is 2. The van der Waals surface area contributed by atoms with E-state index in [2.05, 4.69) is 19.1 Å². The third-order valence-electron chi connectivity index (χ3n) is 3.04. The van der Waals surface area contributed by atoms with Gasteiger partial charge in [-0.25, -0.2) is 0 Å². The molecule has 0 saturated heterocycles. The molecule has 3 heteroatoms. The molecule has 0 unspecified atom stereocenters. The summed E-state index contributed by atoms with van der Waals surface area (Å²) in [6.07, 6.45) is 2.64. The Labute approximate surface area is 95.6 Å². The standard InChI is InChI=1S/C12H20O2S/c1-3-10-5-6-11(15-10)7-12(4-2,8-13)9-14/h5-6,13-14H,3-4,7-9H2,1-2H3. The molecular formula is C12H20O2S. The maximum atomic E-state index is 9.35. The van der Waals surface area contributed by atoms with Crippen LogP contribution in [0.15, 0.2) is 12.1 Å². The maximum Gasteiger partial charge on any atom is 0.0512 e. The summed E-state index contributed by atoms with van der Waals surface area (Å²) in [7, 11) is 0. The van der Waals surface area contributed by atoms with Crippen molar-refractivity contribution in [1.29, 1.82) is 0 Å². The van der Waals surface area contributed by atoms with Crippen LogP contribution in [-0.4, -0.2) is 23.4 Å². The Hall–Kier alpha value is -0.380. The molecule has 0 amide bonds. The molecule has 1 aromatic rings. The van der Waals surface area contributed by atoms with Crippen LogP contribution in [0, 0.1) is 5.41 Å². The SMILES string of the molecule is CCc1ccc(CC(CC)(CO)CO)s1. The van der Waals surface area contributed by atoms with Gasteiger partial charge in [0.15, 0.2) is 0 Å². The first-order chi connectivity index (χ1) is 7.19. The third-order valence-corrected chi connectivity index (χ3v) is 4.27. The van der Waals surface area contributed by atoms with Gasteiger partial charge in [-0.2, -0.15) is 0 Å². The van der Waals surface area contributed by atoms with Crippen LogP contribution in [0.4, 0.5) is 0 Å². The molecule has 2 N–H and O–H groups in total. The number of thiophene rings is 1. The Kier molecular flexibility index (Phi) is 4.77. The largest absolute Gasteiger partial charge is 0.396 e. The molecule has 0 atom stereocenters. The lowest BCUT2D eigenvalue weighted by atomic mass is 9.83. The smallest absolute Gasteiger partial charge is 0.0512 e. The van der Waals surface area contributed by atoms with E-state index in [9.17, 15) is 10.2 Å². The third kappa shape index (κ3) is 3.03. The summed E-state index contributed by atoms with van der Waals surface area (Å²) in [5.74, 6) is 0. The summed E-state index contributed by atoms with van der Waals surface area (Å²) in [6, 6.07) is 4.24. The Morgan fingerprint density at radius 2 is 1.73 bits per heavy atom. The van der Waals surface area contributed by atoms with Crippen LogP contribution in [-0.2, 0) is 12.8 Å². The minimum absolute atomic E-state index is 0.0549.